The summed E-state index contributed by atoms with van der Waals surface area (Å²) in [6, 6.07) is 5.01. The lowest BCUT2D eigenvalue weighted by atomic mass is 10.1. The van der Waals surface area contributed by atoms with Crippen LogP contribution in [0.4, 0.5) is 0 Å². The number of carboxylic acid groups (broad SMARTS) is 1. The van der Waals surface area contributed by atoms with Crippen molar-refractivity contribution in [1.82, 2.24) is 0 Å². The van der Waals surface area contributed by atoms with Crippen LogP contribution in [0.5, 0.6) is 0 Å². The zero-order chi connectivity index (χ0) is 11.2. The Morgan fingerprint density at radius 3 is 2.33 bits per heavy atom. The highest BCUT2D eigenvalue weighted by molar-refractivity contribution is 6.34. The molecular formula is C10H9Cl2NO2. The second-order valence-corrected chi connectivity index (χ2v) is 4.68. The first-order chi connectivity index (χ1) is 6.93. The molecule has 5 heteroatoms. The molecule has 0 aromatic heterocycles. The van der Waals surface area contributed by atoms with E-state index in [0.29, 0.717) is 16.5 Å². The molecule has 0 aliphatic heterocycles. The summed E-state index contributed by atoms with van der Waals surface area (Å²) in [5.41, 5.74) is 5.32. The highest BCUT2D eigenvalue weighted by Gasteiger charge is 2.58. The summed E-state index contributed by atoms with van der Waals surface area (Å²) in [6.45, 7) is 0. The maximum Gasteiger partial charge on any atom is 0.324 e. The van der Waals surface area contributed by atoms with Gasteiger partial charge in [0.2, 0.25) is 0 Å². The monoisotopic (exact) mass is 245 g/mol. The number of hydrogen-bond acceptors (Lipinski definition) is 2. The van der Waals surface area contributed by atoms with Gasteiger partial charge >= 0.3 is 5.97 Å². The van der Waals surface area contributed by atoms with E-state index >= 15 is 0 Å². The van der Waals surface area contributed by atoms with Gasteiger partial charge in [0.05, 0.1) is 0 Å². The Balaban J connectivity index is 2.30. The largest absolute Gasteiger partial charge is 0.480 e. The summed E-state index contributed by atoms with van der Waals surface area (Å²) in [4.78, 5) is 10.8. The minimum atomic E-state index is -1.14. The normalized spacial score (nSPS) is 28.9. The Labute approximate surface area is 96.8 Å². The van der Waals surface area contributed by atoms with Gasteiger partial charge in [-0.3, -0.25) is 4.79 Å². The third-order valence-electron chi connectivity index (χ3n) is 2.69. The summed E-state index contributed by atoms with van der Waals surface area (Å²) in [5, 5.41) is 9.89. The minimum Gasteiger partial charge on any atom is -0.480 e. The van der Waals surface area contributed by atoms with Gasteiger partial charge in [-0.25, -0.2) is 0 Å². The molecule has 0 unspecified atom stereocenters. The average molecular weight is 246 g/mol. The topological polar surface area (TPSA) is 63.3 Å². The van der Waals surface area contributed by atoms with E-state index in [1.54, 1.807) is 18.2 Å². The van der Waals surface area contributed by atoms with Crippen LogP contribution in [0.15, 0.2) is 18.2 Å². The van der Waals surface area contributed by atoms with Gasteiger partial charge in [0.25, 0.3) is 0 Å². The molecule has 0 bridgehead atoms. The number of hydrogen-bond donors (Lipinski definition) is 2. The third-order valence-corrected chi connectivity index (χ3v) is 3.13. The molecule has 0 spiro atoms. The van der Waals surface area contributed by atoms with Crippen LogP contribution in [0.25, 0.3) is 0 Å². The molecule has 0 saturated heterocycles. The molecular weight excluding hydrogens is 237 g/mol. The van der Waals surface area contributed by atoms with E-state index in [-0.39, 0.29) is 5.92 Å². The SMILES string of the molecule is N[C@@]1(C(=O)O)C[C@@H]1c1cc(Cl)cc(Cl)c1. The molecule has 2 atom stereocenters. The summed E-state index contributed by atoms with van der Waals surface area (Å²) in [7, 11) is 0. The Hall–Kier alpha value is -0.770. The standard InChI is InChI=1S/C10H9Cl2NO2/c11-6-1-5(2-7(12)3-6)8-4-10(8,13)9(14)15/h1-3,8H,4,13H2,(H,14,15)/t8-,10+/m1/s1. The van der Waals surface area contributed by atoms with Crippen molar-refractivity contribution in [3.8, 4) is 0 Å². The van der Waals surface area contributed by atoms with Gasteiger partial charge in [0.15, 0.2) is 0 Å². The number of halogens is 2. The molecule has 0 radical (unpaired) electrons. The highest BCUT2D eigenvalue weighted by atomic mass is 35.5. The van der Waals surface area contributed by atoms with Gasteiger partial charge in [-0.15, -0.1) is 0 Å². The van der Waals surface area contributed by atoms with Gasteiger partial charge < -0.3 is 10.8 Å². The minimum absolute atomic E-state index is 0.189. The first-order valence-corrected chi connectivity index (χ1v) is 5.17. The lowest BCUT2D eigenvalue weighted by Gasteiger charge is -2.06. The summed E-state index contributed by atoms with van der Waals surface area (Å²) in [5.74, 6) is -1.17. The van der Waals surface area contributed by atoms with Gasteiger partial charge in [-0.1, -0.05) is 23.2 Å². The number of rotatable bonds is 2. The molecule has 3 N–H and O–H groups in total. The fraction of sp³-hybridized carbons (Fsp3) is 0.300. The van der Waals surface area contributed by atoms with Gasteiger partial charge in [0.1, 0.15) is 5.54 Å². The van der Waals surface area contributed by atoms with E-state index in [0.717, 1.165) is 5.56 Å². The van der Waals surface area contributed by atoms with E-state index in [1.165, 1.54) is 0 Å². The maximum atomic E-state index is 10.8. The lowest BCUT2D eigenvalue weighted by Crippen LogP contribution is -2.34. The quantitative estimate of drug-likeness (QED) is 0.841. The predicted octanol–water partition coefficient (Wildman–Crippen LogP) is 2.26. The fourth-order valence-corrected chi connectivity index (χ4v) is 2.25. The van der Waals surface area contributed by atoms with Gasteiger partial charge in [-0.05, 0) is 30.2 Å². The number of benzene rings is 1. The average Bonchev–Trinajstić information content (AvgIpc) is 2.78. The first-order valence-electron chi connectivity index (χ1n) is 4.42. The van der Waals surface area contributed by atoms with Crippen LogP contribution >= 0.6 is 23.2 Å². The van der Waals surface area contributed by atoms with Crippen LogP contribution in [-0.4, -0.2) is 16.6 Å². The molecule has 1 aromatic rings. The van der Waals surface area contributed by atoms with E-state index in [2.05, 4.69) is 0 Å². The van der Waals surface area contributed by atoms with Gasteiger partial charge in [0, 0.05) is 16.0 Å². The summed E-state index contributed by atoms with van der Waals surface area (Å²) < 4.78 is 0. The van der Waals surface area contributed by atoms with E-state index in [4.69, 9.17) is 34.0 Å². The Bertz CT molecular complexity index is 415. The van der Waals surface area contributed by atoms with E-state index in [9.17, 15) is 4.79 Å². The molecule has 0 heterocycles. The van der Waals surface area contributed by atoms with Crippen molar-refractivity contribution in [2.75, 3.05) is 0 Å². The molecule has 1 fully saturated rings. The number of aliphatic carboxylic acids is 1. The second-order valence-electron chi connectivity index (χ2n) is 3.81. The van der Waals surface area contributed by atoms with Crippen LogP contribution in [0, 0.1) is 0 Å². The highest BCUT2D eigenvalue weighted by Crippen LogP contribution is 2.50. The van der Waals surface area contributed by atoms with E-state index < -0.39 is 11.5 Å². The molecule has 1 aliphatic carbocycles. The predicted molar refractivity (Wildman–Crippen MR) is 58.4 cm³/mol. The zero-order valence-corrected chi connectivity index (χ0v) is 9.22. The molecule has 2 rings (SSSR count). The fourth-order valence-electron chi connectivity index (χ4n) is 1.71. The summed E-state index contributed by atoms with van der Waals surface area (Å²) in [6.07, 6.45) is 0.430. The number of carboxylic acids is 1. The van der Waals surface area contributed by atoms with Crippen molar-refractivity contribution in [2.24, 2.45) is 5.73 Å². The van der Waals surface area contributed by atoms with Crippen LogP contribution in [0.1, 0.15) is 17.9 Å². The van der Waals surface area contributed by atoms with Crippen molar-refractivity contribution < 1.29 is 9.90 Å². The van der Waals surface area contributed by atoms with E-state index in [1.807, 2.05) is 0 Å². The molecule has 1 saturated carbocycles. The van der Waals surface area contributed by atoms with Crippen molar-refractivity contribution in [3.05, 3.63) is 33.8 Å². The van der Waals surface area contributed by atoms with Crippen molar-refractivity contribution in [3.63, 3.8) is 0 Å². The van der Waals surface area contributed by atoms with Crippen LogP contribution in [-0.2, 0) is 4.79 Å². The van der Waals surface area contributed by atoms with Crippen molar-refractivity contribution in [1.29, 1.82) is 0 Å². The number of nitrogens with two attached hydrogens (primary N) is 1. The molecule has 1 aromatic carbocycles. The molecule has 0 amide bonds. The Morgan fingerprint density at radius 2 is 1.93 bits per heavy atom. The first kappa shape index (κ1) is 10.7. The Morgan fingerprint density at radius 1 is 1.40 bits per heavy atom. The van der Waals surface area contributed by atoms with Crippen LogP contribution in [0.2, 0.25) is 10.0 Å². The zero-order valence-electron chi connectivity index (χ0n) is 7.71. The molecule has 15 heavy (non-hydrogen) atoms. The second kappa shape index (κ2) is 3.37. The molecule has 3 nitrogen and oxygen atoms in total. The van der Waals surface area contributed by atoms with Gasteiger partial charge in [-0.2, -0.15) is 0 Å². The van der Waals surface area contributed by atoms with Crippen LogP contribution in [0.3, 0.4) is 0 Å². The third kappa shape index (κ3) is 1.83. The molecule has 1 aliphatic rings. The summed E-state index contributed by atoms with van der Waals surface area (Å²) >= 11 is 11.6. The van der Waals surface area contributed by atoms with Crippen LogP contribution < -0.4 is 5.73 Å². The smallest absolute Gasteiger partial charge is 0.324 e. The lowest BCUT2D eigenvalue weighted by molar-refractivity contribution is -0.139. The molecule has 80 valence electrons. The van der Waals surface area contributed by atoms with Crippen molar-refractivity contribution >= 4 is 29.2 Å². The maximum absolute atomic E-state index is 10.8. The number of carbonyl (C=O) groups is 1. The Kier molecular flexibility index (Phi) is 2.41. The van der Waals surface area contributed by atoms with Crippen molar-refractivity contribution in [2.45, 2.75) is 17.9 Å².